The molecule has 0 amide bonds. The minimum Gasteiger partial charge on any atom is -0.371 e. The molecule has 0 bridgehead atoms. The summed E-state index contributed by atoms with van der Waals surface area (Å²) in [5, 5.41) is 2.82. The lowest BCUT2D eigenvalue weighted by atomic mass is 10.1. The second-order valence-corrected chi connectivity index (χ2v) is 5.27. The molecule has 3 rings (SSSR count). The number of thiazole rings is 1. The van der Waals surface area contributed by atoms with Gasteiger partial charge < -0.3 is 4.90 Å². The van der Waals surface area contributed by atoms with Crippen molar-refractivity contribution in [2.45, 2.75) is 12.8 Å². The van der Waals surface area contributed by atoms with Gasteiger partial charge in [0.15, 0.2) is 5.51 Å². The average molecular weight is 264 g/mol. The van der Waals surface area contributed by atoms with Crippen LogP contribution in [0.25, 0.3) is 11.3 Å². The van der Waals surface area contributed by atoms with Crippen molar-refractivity contribution in [3.8, 4) is 11.3 Å². The quantitative estimate of drug-likeness (QED) is 0.818. The van der Waals surface area contributed by atoms with Gasteiger partial charge in [0.1, 0.15) is 0 Å². The molecule has 0 unspecified atom stereocenters. The molecule has 1 radical (unpaired) electrons. The highest BCUT2D eigenvalue weighted by Gasteiger charge is 2.17. The topological polar surface area (TPSA) is 16.1 Å². The van der Waals surface area contributed by atoms with Gasteiger partial charge in [-0.15, -0.1) is 11.3 Å². The molecule has 4 heteroatoms. The Bertz CT molecular complexity index is 504. The van der Waals surface area contributed by atoms with E-state index >= 15 is 0 Å². The third kappa shape index (κ3) is 2.17. The van der Waals surface area contributed by atoms with Crippen molar-refractivity contribution in [1.29, 1.82) is 0 Å². The number of anilines is 1. The molecule has 2 aromatic rings. The molecule has 1 aromatic heterocycles. The van der Waals surface area contributed by atoms with E-state index in [0.29, 0.717) is 0 Å². The molecule has 87 valence electrons. The van der Waals surface area contributed by atoms with Crippen LogP contribution in [-0.2, 0) is 0 Å². The second-order valence-electron chi connectivity index (χ2n) is 4.18. The minimum absolute atomic E-state index is 0.787. The van der Waals surface area contributed by atoms with Crippen molar-refractivity contribution in [2.75, 3.05) is 18.0 Å². The monoisotopic (exact) mass is 263 g/mol. The fraction of sp³-hybridized carbons (Fsp3) is 0.308. The smallest absolute Gasteiger partial charge is 0.152 e. The van der Waals surface area contributed by atoms with Crippen LogP contribution in [0, 0.1) is 5.51 Å². The van der Waals surface area contributed by atoms with Crippen molar-refractivity contribution >= 4 is 28.6 Å². The van der Waals surface area contributed by atoms with Gasteiger partial charge in [0.2, 0.25) is 0 Å². The maximum absolute atomic E-state index is 6.10. The van der Waals surface area contributed by atoms with Crippen LogP contribution >= 0.6 is 22.9 Å². The fourth-order valence-corrected chi connectivity index (χ4v) is 2.91. The Kier molecular flexibility index (Phi) is 3.04. The summed E-state index contributed by atoms with van der Waals surface area (Å²) in [6.07, 6.45) is 2.52. The van der Waals surface area contributed by atoms with Crippen molar-refractivity contribution < 1.29 is 0 Å². The first-order valence-electron chi connectivity index (χ1n) is 5.71. The number of hydrogen-bond acceptors (Lipinski definition) is 3. The van der Waals surface area contributed by atoms with Crippen molar-refractivity contribution in [3.63, 3.8) is 0 Å². The van der Waals surface area contributed by atoms with Crippen LogP contribution in [0.15, 0.2) is 23.6 Å². The number of benzene rings is 1. The SMILES string of the molecule is Clc1ccc(-c2cs[c]n2)c(N2CCCC2)c1. The van der Waals surface area contributed by atoms with E-state index in [1.807, 2.05) is 17.5 Å². The normalized spacial score (nSPS) is 15.5. The average Bonchev–Trinajstić information content (AvgIpc) is 3.02. The van der Waals surface area contributed by atoms with Gasteiger partial charge in [0, 0.05) is 34.7 Å². The number of aromatic nitrogens is 1. The summed E-state index contributed by atoms with van der Waals surface area (Å²) >= 11 is 7.61. The van der Waals surface area contributed by atoms with E-state index in [4.69, 9.17) is 11.6 Å². The molecule has 0 N–H and O–H groups in total. The number of rotatable bonds is 2. The summed E-state index contributed by atoms with van der Waals surface area (Å²) < 4.78 is 0. The largest absolute Gasteiger partial charge is 0.371 e. The lowest BCUT2D eigenvalue weighted by Gasteiger charge is -2.21. The van der Waals surface area contributed by atoms with Gasteiger partial charge in [-0.2, -0.15) is 0 Å². The van der Waals surface area contributed by atoms with Crippen molar-refractivity contribution in [3.05, 3.63) is 34.1 Å². The first-order chi connectivity index (χ1) is 8.34. The summed E-state index contributed by atoms with van der Waals surface area (Å²) in [6, 6.07) is 6.02. The van der Waals surface area contributed by atoms with E-state index in [9.17, 15) is 0 Å². The maximum atomic E-state index is 6.10. The molecule has 2 heterocycles. The Morgan fingerprint density at radius 3 is 2.82 bits per heavy atom. The van der Waals surface area contributed by atoms with Crippen molar-refractivity contribution in [2.24, 2.45) is 0 Å². The van der Waals surface area contributed by atoms with Gasteiger partial charge in [-0.1, -0.05) is 11.6 Å². The number of halogens is 1. The van der Waals surface area contributed by atoms with Crippen LogP contribution < -0.4 is 4.90 Å². The third-order valence-electron chi connectivity index (χ3n) is 3.07. The minimum atomic E-state index is 0.787. The van der Waals surface area contributed by atoms with E-state index in [1.165, 1.54) is 29.9 Å². The maximum Gasteiger partial charge on any atom is 0.152 e. The fourth-order valence-electron chi connectivity index (χ4n) is 2.25. The van der Waals surface area contributed by atoms with Crippen LogP contribution in [0.5, 0.6) is 0 Å². The Morgan fingerprint density at radius 2 is 2.12 bits per heavy atom. The van der Waals surface area contributed by atoms with Gasteiger partial charge in [-0.3, -0.25) is 0 Å². The Labute approximate surface area is 110 Å². The first kappa shape index (κ1) is 11.1. The van der Waals surface area contributed by atoms with Gasteiger partial charge >= 0.3 is 0 Å². The molecule has 1 fully saturated rings. The highest BCUT2D eigenvalue weighted by molar-refractivity contribution is 7.07. The molecule has 0 saturated carbocycles. The molecule has 1 aliphatic heterocycles. The van der Waals surface area contributed by atoms with E-state index in [1.54, 1.807) is 0 Å². The number of hydrogen-bond donors (Lipinski definition) is 0. The van der Waals surface area contributed by atoms with Gasteiger partial charge in [0.25, 0.3) is 0 Å². The molecule has 0 aliphatic carbocycles. The molecule has 1 aromatic carbocycles. The molecule has 2 nitrogen and oxygen atoms in total. The van der Waals surface area contributed by atoms with E-state index in [2.05, 4.69) is 21.5 Å². The third-order valence-corrected chi connectivity index (χ3v) is 3.84. The molecule has 0 atom stereocenters. The standard InChI is InChI=1S/C13H12ClN2S/c14-10-3-4-11(12-8-17-9-15-12)13(7-10)16-5-1-2-6-16/h3-4,7-8H,1-2,5-6H2. The molecule has 17 heavy (non-hydrogen) atoms. The first-order valence-corrected chi connectivity index (χ1v) is 6.97. The number of nitrogens with zero attached hydrogens (tertiary/aromatic N) is 2. The lowest BCUT2D eigenvalue weighted by molar-refractivity contribution is 0.949. The lowest BCUT2D eigenvalue weighted by Crippen LogP contribution is -2.18. The van der Waals surface area contributed by atoms with E-state index in [-0.39, 0.29) is 0 Å². The van der Waals surface area contributed by atoms with Crippen LogP contribution in [0.4, 0.5) is 5.69 Å². The van der Waals surface area contributed by atoms with E-state index < -0.39 is 0 Å². The predicted molar refractivity (Wildman–Crippen MR) is 72.8 cm³/mol. The predicted octanol–water partition coefficient (Wildman–Crippen LogP) is 3.86. The van der Waals surface area contributed by atoms with Gasteiger partial charge in [-0.05, 0) is 31.0 Å². The summed E-state index contributed by atoms with van der Waals surface area (Å²) in [7, 11) is 0. The van der Waals surface area contributed by atoms with Crippen LogP contribution in [0.2, 0.25) is 5.02 Å². The van der Waals surface area contributed by atoms with Gasteiger partial charge in [-0.25, -0.2) is 4.98 Å². The van der Waals surface area contributed by atoms with E-state index in [0.717, 1.165) is 29.4 Å². The molecule has 1 aliphatic rings. The van der Waals surface area contributed by atoms with Crippen LogP contribution in [0.1, 0.15) is 12.8 Å². The highest BCUT2D eigenvalue weighted by atomic mass is 35.5. The summed E-state index contributed by atoms with van der Waals surface area (Å²) in [5.74, 6) is 0. The highest BCUT2D eigenvalue weighted by Crippen LogP contribution is 2.34. The second kappa shape index (κ2) is 4.67. The van der Waals surface area contributed by atoms with Crippen molar-refractivity contribution in [1.82, 2.24) is 4.98 Å². The molecule has 0 spiro atoms. The Hall–Kier alpha value is -1.06. The van der Waals surface area contributed by atoms with Crippen LogP contribution in [0.3, 0.4) is 0 Å². The van der Waals surface area contributed by atoms with Gasteiger partial charge in [0.05, 0.1) is 5.69 Å². The molecule has 1 saturated heterocycles. The van der Waals surface area contributed by atoms with Crippen LogP contribution in [-0.4, -0.2) is 18.1 Å². The molecular weight excluding hydrogens is 252 g/mol. The Morgan fingerprint density at radius 1 is 1.29 bits per heavy atom. The zero-order valence-electron chi connectivity index (χ0n) is 9.32. The summed E-state index contributed by atoms with van der Waals surface area (Å²) in [6.45, 7) is 2.22. The summed E-state index contributed by atoms with van der Waals surface area (Å²) in [5.41, 5.74) is 6.26. The zero-order chi connectivity index (χ0) is 11.7. The molecular formula is C13H12ClN2S. The zero-order valence-corrected chi connectivity index (χ0v) is 10.9. The Balaban J connectivity index is 2.07. The summed E-state index contributed by atoms with van der Waals surface area (Å²) in [4.78, 5) is 6.66.